The Morgan fingerprint density at radius 2 is 1.10 bits per heavy atom. The van der Waals surface area contributed by atoms with Crippen molar-refractivity contribution in [3.8, 4) is 28.4 Å². The van der Waals surface area contributed by atoms with Gasteiger partial charge in [0.05, 0.1) is 18.8 Å². The van der Waals surface area contributed by atoms with Gasteiger partial charge in [-0.1, -0.05) is 82.3 Å². The minimum atomic E-state index is 0.0935. The zero-order chi connectivity index (χ0) is 27.7. The Morgan fingerprint density at radius 3 is 1.77 bits per heavy atom. The lowest BCUT2D eigenvalue weighted by Crippen LogP contribution is -2.21. The summed E-state index contributed by atoms with van der Waals surface area (Å²) in [6.07, 6.45) is 9.86. The molecule has 2 atom stereocenters. The first-order valence-corrected chi connectivity index (χ1v) is 14.9. The van der Waals surface area contributed by atoms with E-state index in [9.17, 15) is 0 Å². The normalized spacial score (nSPS) is 12.6. The Kier molecular flexibility index (Phi) is 13.8. The van der Waals surface area contributed by atoms with Crippen molar-refractivity contribution in [2.24, 2.45) is 0 Å². The van der Waals surface area contributed by atoms with Gasteiger partial charge in [0.25, 0.3) is 0 Å². The van der Waals surface area contributed by atoms with Crippen molar-refractivity contribution in [1.29, 1.82) is 0 Å². The van der Waals surface area contributed by atoms with Crippen molar-refractivity contribution in [2.45, 2.75) is 97.9 Å². The second kappa shape index (κ2) is 17.6. The molecule has 0 saturated heterocycles. The van der Waals surface area contributed by atoms with Gasteiger partial charge in [-0.2, -0.15) is 0 Å². The van der Waals surface area contributed by atoms with Crippen molar-refractivity contribution < 1.29 is 18.9 Å². The lowest BCUT2D eigenvalue weighted by atomic mass is 10.0. The maximum atomic E-state index is 6.04. The Morgan fingerprint density at radius 1 is 0.538 bits per heavy atom. The lowest BCUT2D eigenvalue weighted by molar-refractivity contribution is 0.0351. The number of hydrogen-bond acceptors (Lipinski definition) is 4. The van der Waals surface area contributed by atoms with Gasteiger partial charge in [-0.05, 0) is 79.8 Å². The average molecular weight is 533 g/mol. The van der Waals surface area contributed by atoms with Gasteiger partial charge >= 0.3 is 0 Å². The monoisotopic (exact) mass is 532 g/mol. The predicted octanol–water partition coefficient (Wildman–Crippen LogP) is 9.64. The van der Waals surface area contributed by atoms with Crippen LogP contribution >= 0.6 is 0 Å². The van der Waals surface area contributed by atoms with Gasteiger partial charge < -0.3 is 18.9 Å². The third-order valence-electron chi connectivity index (χ3n) is 6.75. The van der Waals surface area contributed by atoms with Crippen LogP contribution in [-0.4, -0.2) is 25.4 Å². The first-order valence-electron chi connectivity index (χ1n) is 14.9. The summed E-state index contributed by atoms with van der Waals surface area (Å²) in [5.41, 5.74) is 3.50. The van der Waals surface area contributed by atoms with Crippen molar-refractivity contribution >= 4 is 0 Å². The number of hydrogen-bond donors (Lipinski definition) is 0. The van der Waals surface area contributed by atoms with Gasteiger partial charge in [-0.25, -0.2) is 0 Å². The highest BCUT2D eigenvalue weighted by atomic mass is 16.5. The van der Waals surface area contributed by atoms with Gasteiger partial charge in [-0.15, -0.1) is 0 Å². The highest BCUT2D eigenvalue weighted by Crippen LogP contribution is 2.24. The average Bonchev–Trinajstić information content (AvgIpc) is 2.96. The molecule has 0 spiro atoms. The van der Waals surface area contributed by atoms with E-state index < -0.39 is 0 Å². The number of ether oxygens (including phenoxy) is 4. The smallest absolute Gasteiger partial charge is 0.120 e. The molecule has 0 radical (unpaired) electrons. The van der Waals surface area contributed by atoms with Crippen molar-refractivity contribution in [1.82, 2.24) is 0 Å². The summed E-state index contributed by atoms with van der Waals surface area (Å²) in [7, 11) is 0. The van der Waals surface area contributed by atoms with Crippen molar-refractivity contribution in [2.75, 3.05) is 13.2 Å². The zero-order valence-electron chi connectivity index (χ0n) is 24.5. The number of benzene rings is 3. The van der Waals surface area contributed by atoms with E-state index >= 15 is 0 Å². The molecule has 0 aliphatic rings. The van der Waals surface area contributed by atoms with Gasteiger partial charge in [0.1, 0.15) is 23.9 Å². The summed E-state index contributed by atoms with van der Waals surface area (Å²) in [6, 6.07) is 24.8. The van der Waals surface area contributed by atoms with Crippen LogP contribution in [-0.2, 0) is 11.3 Å². The van der Waals surface area contributed by atoms with Crippen LogP contribution < -0.4 is 14.2 Å². The third-order valence-corrected chi connectivity index (χ3v) is 6.75. The fourth-order valence-corrected chi connectivity index (χ4v) is 4.53. The maximum Gasteiger partial charge on any atom is 0.120 e. The fourth-order valence-electron chi connectivity index (χ4n) is 4.53. The number of unbranched alkanes of at least 4 members (excludes halogenated alkanes) is 5. The molecule has 39 heavy (non-hydrogen) atoms. The molecule has 3 aromatic carbocycles. The van der Waals surface area contributed by atoms with Crippen molar-refractivity contribution in [3.63, 3.8) is 0 Å². The zero-order valence-corrected chi connectivity index (χ0v) is 24.5. The van der Waals surface area contributed by atoms with Crippen LogP contribution in [0.3, 0.4) is 0 Å². The minimum absolute atomic E-state index is 0.0935. The summed E-state index contributed by atoms with van der Waals surface area (Å²) in [4.78, 5) is 0. The predicted molar refractivity (Wildman–Crippen MR) is 162 cm³/mol. The minimum Gasteiger partial charge on any atom is -0.494 e. The lowest BCUT2D eigenvalue weighted by Gasteiger charge is -2.19. The maximum absolute atomic E-state index is 6.04. The van der Waals surface area contributed by atoms with E-state index in [2.05, 4.69) is 76.2 Å². The van der Waals surface area contributed by atoms with E-state index in [-0.39, 0.29) is 12.2 Å². The highest BCUT2D eigenvalue weighted by molar-refractivity contribution is 5.64. The first-order chi connectivity index (χ1) is 19.1. The van der Waals surface area contributed by atoms with Gasteiger partial charge in [0.2, 0.25) is 0 Å². The third kappa shape index (κ3) is 11.7. The van der Waals surface area contributed by atoms with Crippen LogP contribution in [0.4, 0.5) is 0 Å². The summed E-state index contributed by atoms with van der Waals surface area (Å²) >= 11 is 0. The van der Waals surface area contributed by atoms with Crippen LogP contribution in [0, 0.1) is 0 Å². The van der Waals surface area contributed by atoms with Crippen LogP contribution in [0.1, 0.15) is 84.6 Å². The Balaban J connectivity index is 1.39. The molecule has 0 bridgehead atoms. The largest absolute Gasteiger partial charge is 0.494 e. The SMILES string of the molecule is CCCCCCCCOc1ccc(-c2ccc(COc3ccc(O[C@H](C)C[C@H](C)OCCC)cc3)cc2)cc1. The molecule has 3 rings (SSSR count). The van der Waals surface area contributed by atoms with Crippen molar-refractivity contribution in [3.05, 3.63) is 78.4 Å². The number of rotatable bonds is 19. The second-order valence-corrected chi connectivity index (χ2v) is 10.4. The van der Waals surface area contributed by atoms with E-state index in [0.29, 0.717) is 6.61 Å². The summed E-state index contributed by atoms with van der Waals surface area (Å²) in [5.74, 6) is 2.62. The molecule has 0 aliphatic heterocycles. The molecule has 0 saturated carbocycles. The summed E-state index contributed by atoms with van der Waals surface area (Å²) in [6.45, 7) is 10.7. The molecule has 0 fully saturated rings. The van der Waals surface area contributed by atoms with Crippen LogP contribution in [0.15, 0.2) is 72.8 Å². The molecule has 212 valence electrons. The Hall–Kier alpha value is -2.98. The molecule has 0 unspecified atom stereocenters. The molecule has 0 heterocycles. The molecule has 3 aromatic rings. The standard InChI is InChI=1S/C35H48O4/c1-5-7-8-9-10-11-25-37-33-18-16-32(17-19-33)31-14-12-30(13-15-31)27-38-34-20-22-35(23-21-34)39-29(4)26-28(3)36-24-6-2/h12-23,28-29H,5-11,24-27H2,1-4H3/t28-,29+/m0/s1. The van der Waals surface area contributed by atoms with Gasteiger partial charge in [0, 0.05) is 13.0 Å². The first kappa shape index (κ1) is 30.6. The summed E-state index contributed by atoms with van der Waals surface area (Å²) in [5, 5.41) is 0. The van der Waals surface area contributed by atoms with E-state index in [0.717, 1.165) is 55.3 Å². The summed E-state index contributed by atoms with van der Waals surface area (Å²) < 4.78 is 23.7. The molecule has 0 aromatic heterocycles. The second-order valence-electron chi connectivity index (χ2n) is 10.4. The van der Waals surface area contributed by atoms with Gasteiger partial charge in [0.15, 0.2) is 0 Å². The quantitative estimate of drug-likeness (QED) is 0.144. The molecule has 0 amide bonds. The molecular formula is C35H48O4. The topological polar surface area (TPSA) is 36.9 Å². The van der Waals surface area contributed by atoms with E-state index in [4.69, 9.17) is 18.9 Å². The van der Waals surface area contributed by atoms with E-state index in [1.54, 1.807) is 0 Å². The fraction of sp³-hybridized carbons (Fsp3) is 0.486. The van der Waals surface area contributed by atoms with Crippen LogP contribution in [0.2, 0.25) is 0 Å². The van der Waals surface area contributed by atoms with Gasteiger partial charge in [-0.3, -0.25) is 0 Å². The Bertz CT molecular complexity index is 1030. The van der Waals surface area contributed by atoms with E-state index in [1.807, 2.05) is 24.3 Å². The molecular weight excluding hydrogens is 484 g/mol. The highest BCUT2D eigenvalue weighted by Gasteiger charge is 2.11. The molecule has 0 N–H and O–H groups in total. The molecule has 4 nitrogen and oxygen atoms in total. The molecule has 4 heteroatoms. The van der Waals surface area contributed by atoms with E-state index in [1.165, 1.54) is 43.2 Å². The van der Waals surface area contributed by atoms with Crippen LogP contribution in [0.5, 0.6) is 17.2 Å². The Labute approximate surface area is 236 Å². The van der Waals surface area contributed by atoms with Crippen LogP contribution in [0.25, 0.3) is 11.1 Å². The molecule has 0 aliphatic carbocycles.